The number of aromatic nitrogens is 1. The summed E-state index contributed by atoms with van der Waals surface area (Å²) in [6.45, 7) is 8.77. The van der Waals surface area contributed by atoms with Crippen LogP contribution in [-0.2, 0) is 0 Å². The highest BCUT2D eigenvalue weighted by molar-refractivity contribution is 5.10. The van der Waals surface area contributed by atoms with E-state index in [0.717, 1.165) is 44.1 Å². The van der Waals surface area contributed by atoms with Crippen LogP contribution in [0.4, 0.5) is 4.39 Å². The van der Waals surface area contributed by atoms with Gasteiger partial charge in [0.15, 0.2) is 0 Å². The zero-order valence-corrected chi connectivity index (χ0v) is 13.3. The number of nitrogens with one attached hydrogen (secondary N) is 1. The van der Waals surface area contributed by atoms with Gasteiger partial charge >= 0.3 is 0 Å². The zero-order chi connectivity index (χ0) is 15.1. The summed E-state index contributed by atoms with van der Waals surface area (Å²) in [5.41, 5.74) is 0.951. The molecule has 118 valence electrons. The molecule has 0 saturated heterocycles. The van der Waals surface area contributed by atoms with Gasteiger partial charge in [-0.05, 0) is 63.4 Å². The van der Waals surface area contributed by atoms with Crippen LogP contribution in [0.15, 0.2) is 18.3 Å². The van der Waals surface area contributed by atoms with Gasteiger partial charge in [-0.15, -0.1) is 0 Å². The van der Waals surface area contributed by atoms with Gasteiger partial charge in [-0.2, -0.15) is 0 Å². The van der Waals surface area contributed by atoms with E-state index in [1.54, 1.807) is 6.07 Å². The van der Waals surface area contributed by atoms with Crippen LogP contribution in [0.2, 0.25) is 0 Å². The quantitative estimate of drug-likeness (QED) is 0.717. The maximum absolute atomic E-state index is 13.0. The maximum atomic E-state index is 13.0. The molecule has 0 bridgehead atoms. The largest absolute Gasteiger partial charge is 0.309 e. The van der Waals surface area contributed by atoms with Gasteiger partial charge in [-0.25, -0.2) is 4.39 Å². The first-order chi connectivity index (χ1) is 10.2. The Bertz CT molecular complexity index is 403. The van der Waals surface area contributed by atoms with Crippen molar-refractivity contribution in [3.8, 4) is 0 Å². The van der Waals surface area contributed by atoms with Gasteiger partial charge in [-0.3, -0.25) is 4.98 Å². The summed E-state index contributed by atoms with van der Waals surface area (Å²) in [4.78, 5) is 6.78. The number of hydrogen-bond donors (Lipinski definition) is 1. The summed E-state index contributed by atoms with van der Waals surface area (Å²) >= 11 is 0. The molecule has 2 rings (SSSR count). The van der Waals surface area contributed by atoms with Crippen LogP contribution >= 0.6 is 0 Å². The lowest BCUT2D eigenvalue weighted by Gasteiger charge is -2.24. The fraction of sp³-hybridized carbons (Fsp3) is 0.706. The minimum atomic E-state index is -0.267. The zero-order valence-electron chi connectivity index (χ0n) is 13.3. The fourth-order valence-electron chi connectivity index (χ4n) is 2.62. The molecule has 0 spiro atoms. The number of nitrogens with zero attached hydrogens (tertiary/aromatic N) is 2. The highest BCUT2D eigenvalue weighted by Gasteiger charge is 2.24. The molecule has 1 fully saturated rings. The van der Waals surface area contributed by atoms with Gasteiger partial charge in [0.2, 0.25) is 0 Å². The van der Waals surface area contributed by atoms with Crippen LogP contribution in [0.3, 0.4) is 0 Å². The van der Waals surface area contributed by atoms with Crippen molar-refractivity contribution < 1.29 is 4.39 Å². The summed E-state index contributed by atoms with van der Waals surface area (Å²) in [5, 5.41) is 3.54. The summed E-state index contributed by atoms with van der Waals surface area (Å²) in [7, 11) is 0. The van der Waals surface area contributed by atoms with Crippen LogP contribution in [0.5, 0.6) is 0 Å². The van der Waals surface area contributed by atoms with Crippen molar-refractivity contribution in [2.45, 2.75) is 45.6 Å². The van der Waals surface area contributed by atoms with E-state index in [4.69, 9.17) is 0 Å². The molecule has 1 aliphatic rings. The van der Waals surface area contributed by atoms with E-state index in [2.05, 4.69) is 29.0 Å². The van der Waals surface area contributed by atoms with E-state index in [1.165, 1.54) is 31.6 Å². The van der Waals surface area contributed by atoms with Crippen molar-refractivity contribution in [3.05, 3.63) is 29.8 Å². The topological polar surface area (TPSA) is 28.2 Å². The Kier molecular flexibility index (Phi) is 6.58. The van der Waals surface area contributed by atoms with E-state index in [9.17, 15) is 4.39 Å². The average Bonchev–Trinajstić information content (AvgIpc) is 3.31. The maximum Gasteiger partial charge on any atom is 0.141 e. The minimum absolute atomic E-state index is 0.221. The Labute approximate surface area is 127 Å². The van der Waals surface area contributed by atoms with Crippen molar-refractivity contribution >= 4 is 0 Å². The van der Waals surface area contributed by atoms with E-state index < -0.39 is 0 Å². The van der Waals surface area contributed by atoms with Crippen LogP contribution in [0.25, 0.3) is 0 Å². The molecular formula is C17H28FN3. The first kappa shape index (κ1) is 16.4. The molecule has 1 aliphatic carbocycles. The van der Waals surface area contributed by atoms with Crippen molar-refractivity contribution in [2.75, 3.05) is 26.2 Å². The van der Waals surface area contributed by atoms with Crippen molar-refractivity contribution in [1.82, 2.24) is 15.2 Å². The summed E-state index contributed by atoms with van der Waals surface area (Å²) in [5.74, 6) is 0.660. The minimum Gasteiger partial charge on any atom is -0.309 e. The Morgan fingerprint density at radius 2 is 2.19 bits per heavy atom. The molecule has 1 aromatic rings. The lowest BCUT2D eigenvalue weighted by Crippen LogP contribution is -2.31. The molecule has 0 amide bonds. The fourth-order valence-corrected chi connectivity index (χ4v) is 2.62. The van der Waals surface area contributed by atoms with Crippen molar-refractivity contribution in [1.29, 1.82) is 0 Å². The summed E-state index contributed by atoms with van der Waals surface area (Å²) in [6.07, 6.45) is 6.23. The van der Waals surface area contributed by atoms with Crippen LogP contribution in [0.1, 0.15) is 51.3 Å². The number of rotatable bonds is 10. The van der Waals surface area contributed by atoms with E-state index >= 15 is 0 Å². The molecule has 3 nitrogen and oxygen atoms in total. The molecule has 1 unspecified atom stereocenters. The lowest BCUT2D eigenvalue weighted by atomic mass is 10.1. The molecule has 1 heterocycles. The van der Waals surface area contributed by atoms with E-state index in [-0.39, 0.29) is 11.9 Å². The van der Waals surface area contributed by atoms with Gasteiger partial charge < -0.3 is 10.2 Å². The SMILES string of the molecule is CCCNC(CCN(CC)CC1CC1)c1ccc(F)cn1. The van der Waals surface area contributed by atoms with Crippen LogP contribution < -0.4 is 5.32 Å². The highest BCUT2D eigenvalue weighted by Crippen LogP contribution is 2.30. The first-order valence-electron chi connectivity index (χ1n) is 8.30. The molecule has 0 radical (unpaired) electrons. The molecular weight excluding hydrogens is 265 g/mol. The number of halogens is 1. The van der Waals surface area contributed by atoms with E-state index in [0.29, 0.717) is 0 Å². The molecule has 1 saturated carbocycles. The third-order valence-electron chi connectivity index (χ3n) is 4.14. The van der Waals surface area contributed by atoms with Gasteiger partial charge in [0, 0.05) is 6.54 Å². The van der Waals surface area contributed by atoms with Crippen LogP contribution in [-0.4, -0.2) is 36.1 Å². The monoisotopic (exact) mass is 293 g/mol. The Balaban J connectivity index is 1.89. The smallest absolute Gasteiger partial charge is 0.141 e. The van der Waals surface area contributed by atoms with E-state index in [1.807, 2.05) is 0 Å². The summed E-state index contributed by atoms with van der Waals surface area (Å²) in [6, 6.07) is 3.53. The third-order valence-corrected chi connectivity index (χ3v) is 4.14. The second-order valence-corrected chi connectivity index (χ2v) is 6.03. The second-order valence-electron chi connectivity index (χ2n) is 6.03. The predicted octanol–water partition coefficient (Wildman–Crippen LogP) is 3.38. The van der Waals surface area contributed by atoms with Gasteiger partial charge in [-0.1, -0.05) is 13.8 Å². The second kappa shape index (κ2) is 8.44. The third kappa shape index (κ3) is 5.71. The molecule has 1 atom stereocenters. The van der Waals surface area contributed by atoms with Gasteiger partial charge in [0.25, 0.3) is 0 Å². The first-order valence-corrected chi connectivity index (χ1v) is 8.30. The van der Waals surface area contributed by atoms with Crippen molar-refractivity contribution in [2.24, 2.45) is 5.92 Å². The van der Waals surface area contributed by atoms with Gasteiger partial charge in [0.05, 0.1) is 17.9 Å². The average molecular weight is 293 g/mol. The molecule has 0 aromatic carbocycles. The normalized spacial score (nSPS) is 16.4. The van der Waals surface area contributed by atoms with Gasteiger partial charge in [0.1, 0.15) is 5.82 Å². The van der Waals surface area contributed by atoms with Crippen molar-refractivity contribution in [3.63, 3.8) is 0 Å². The summed E-state index contributed by atoms with van der Waals surface area (Å²) < 4.78 is 13.0. The molecule has 1 aromatic heterocycles. The standard InChI is InChI=1S/C17H28FN3/c1-3-10-19-17(16-8-7-15(18)12-20-16)9-11-21(4-2)13-14-5-6-14/h7-8,12,14,17,19H,3-6,9-11,13H2,1-2H3. The molecule has 0 aliphatic heterocycles. The number of pyridine rings is 1. The molecule has 21 heavy (non-hydrogen) atoms. The Morgan fingerprint density at radius 1 is 1.38 bits per heavy atom. The van der Waals surface area contributed by atoms with Crippen LogP contribution in [0, 0.1) is 11.7 Å². The highest BCUT2D eigenvalue weighted by atomic mass is 19.1. The Hall–Kier alpha value is -1.00. The Morgan fingerprint density at radius 3 is 2.76 bits per heavy atom. The number of hydrogen-bond acceptors (Lipinski definition) is 3. The lowest BCUT2D eigenvalue weighted by molar-refractivity contribution is 0.258. The predicted molar refractivity (Wildman–Crippen MR) is 84.7 cm³/mol. The molecule has 4 heteroatoms. The molecule has 1 N–H and O–H groups in total.